The highest BCUT2D eigenvalue weighted by Gasteiger charge is 2.17. The van der Waals surface area contributed by atoms with E-state index in [4.69, 9.17) is 9.52 Å². The Hall–Kier alpha value is -5.22. The van der Waals surface area contributed by atoms with Crippen molar-refractivity contribution in [2.75, 3.05) is 0 Å². The molecule has 0 spiro atoms. The first-order chi connectivity index (χ1) is 17.2. The molecule has 0 saturated carbocycles. The lowest BCUT2D eigenvalue weighted by Gasteiger charge is -2.02. The minimum atomic E-state index is -0.302. The standard InChI is InChI=1S/C28H17N5O2/c29-16-19(27-30-23-12-6-5-11-22(23)28(34)31-27)14-20-17-33(21-9-2-1-3-10-21)32-26(20)25-15-18-8-4-7-13-24(18)35-25/h1-15,17H,(H,30,31,34)/b19-14+. The maximum Gasteiger partial charge on any atom is 0.259 e. The van der Waals surface area contributed by atoms with E-state index >= 15 is 0 Å². The zero-order chi connectivity index (χ0) is 23.8. The zero-order valence-electron chi connectivity index (χ0n) is 18.3. The number of hydrogen-bond donors (Lipinski definition) is 1. The number of nitriles is 1. The fourth-order valence-electron chi connectivity index (χ4n) is 4.02. The van der Waals surface area contributed by atoms with Crippen LogP contribution in [0.4, 0.5) is 0 Å². The van der Waals surface area contributed by atoms with Crippen molar-refractivity contribution in [3.8, 4) is 23.2 Å². The van der Waals surface area contributed by atoms with Gasteiger partial charge in [-0.25, -0.2) is 9.67 Å². The maximum atomic E-state index is 12.6. The van der Waals surface area contributed by atoms with Crippen molar-refractivity contribution in [2.24, 2.45) is 0 Å². The van der Waals surface area contributed by atoms with Gasteiger partial charge >= 0.3 is 0 Å². The molecule has 6 rings (SSSR count). The average Bonchev–Trinajstić information content (AvgIpc) is 3.52. The molecule has 0 fully saturated rings. The highest BCUT2D eigenvalue weighted by Crippen LogP contribution is 2.31. The van der Waals surface area contributed by atoms with Crippen LogP contribution in [0.15, 0.2) is 100 Å². The first-order valence-electron chi connectivity index (χ1n) is 10.9. The molecule has 0 aliphatic rings. The Morgan fingerprint density at radius 2 is 1.77 bits per heavy atom. The van der Waals surface area contributed by atoms with Crippen molar-refractivity contribution < 1.29 is 4.42 Å². The van der Waals surface area contributed by atoms with E-state index in [1.807, 2.05) is 66.9 Å². The molecule has 0 unspecified atom stereocenters. The fourth-order valence-corrected chi connectivity index (χ4v) is 4.02. The maximum absolute atomic E-state index is 12.6. The predicted octanol–water partition coefficient (Wildman–Crippen LogP) is 5.59. The summed E-state index contributed by atoms with van der Waals surface area (Å²) < 4.78 is 7.82. The van der Waals surface area contributed by atoms with Crippen molar-refractivity contribution in [1.29, 1.82) is 5.26 Å². The van der Waals surface area contributed by atoms with E-state index < -0.39 is 0 Å². The number of nitrogens with one attached hydrogen (secondary N) is 1. The third-order valence-corrected chi connectivity index (χ3v) is 5.71. The number of aromatic amines is 1. The minimum absolute atomic E-state index is 0.194. The summed E-state index contributed by atoms with van der Waals surface area (Å²) in [5.41, 5.74) is 3.25. The first-order valence-corrected chi connectivity index (χ1v) is 10.9. The number of furan rings is 1. The van der Waals surface area contributed by atoms with E-state index in [0.29, 0.717) is 27.9 Å². The van der Waals surface area contributed by atoms with Gasteiger partial charge in [0.05, 0.1) is 22.2 Å². The molecule has 0 bridgehead atoms. The van der Waals surface area contributed by atoms with Crippen molar-refractivity contribution in [3.63, 3.8) is 0 Å². The summed E-state index contributed by atoms with van der Waals surface area (Å²) in [5.74, 6) is 0.767. The second-order valence-electron chi connectivity index (χ2n) is 7.96. The van der Waals surface area contributed by atoms with Crippen molar-refractivity contribution >= 4 is 33.5 Å². The number of aromatic nitrogens is 4. The van der Waals surface area contributed by atoms with E-state index in [2.05, 4.69) is 16.0 Å². The second kappa shape index (κ2) is 8.28. The number of H-pyrrole nitrogens is 1. The number of benzene rings is 3. The Kier molecular flexibility index (Phi) is 4.83. The van der Waals surface area contributed by atoms with Gasteiger partial charge in [0.2, 0.25) is 0 Å². The molecule has 1 N–H and O–H groups in total. The van der Waals surface area contributed by atoms with Gasteiger partial charge in [0.15, 0.2) is 11.6 Å². The van der Waals surface area contributed by atoms with Crippen LogP contribution in [0.5, 0.6) is 0 Å². The highest BCUT2D eigenvalue weighted by atomic mass is 16.3. The largest absolute Gasteiger partial charge is 0.454 e. The fraction of sp³-hybridized carbons (Fsp3) is 0. The minimum Gasteiger partial charge on any atom is -0.454 e. The van der Waals surface area contributed by atoms with Crippen LogP contribution in [0, 0.1) is 11.3 Å². The quantitative estimate of drug-likeness (QED) is 0.350. The van der Waals surface area contributed by atoms with Crippen LogP contribution in [-0.2, 0) is 0 Å². The Labute approximate surface area is 199 Å². The second-order valence-corrected chi connectivity index (χ2v) is 7.96. The van der Waals surface area contributed by atoms with Gasteiger partial charge in [-0.15, -0.1) is 0 Å². The summed E-state index contributed by atoms with van der Waals surface area (Å²) in [5, 5.41) is 16.2. The summed E-state index contributed by atoms with van der Waals surface area (Å²) in [6.07, 6.45) is 3.50. The van der Waals surface area contributed by atoms with Gasteiger partial charge in [-0.2, -0.15) is 10.4 Å². The number of rotatable bonds is 4. The Bertz CT molecular complexity index is 1800. The van der Waals surface area contributed by atoms with Gasteiger partial charge < -0.3 is 9.40 Å². The lowest BCUT2D eigenvalue weighted by Crippen LogP contribution is -2.11. The van der Waals surface area contributed by atoms with Crippen LogP contribution < -0.4 is 5.56 Å². The van der Waals surface area contributed by atoms with Crippen LogP contribution >= 0.6 is 0 Å². The SMILES string of the molecule is N#C/C(=C\c1cn(-c2ccccc2)nc1-c1cc2ccccc2o1)c1nc2ccccc2c(=O)[nH]1. The summed E-state index contributed by atoms with van der Waals surface area (Å²) in [7, 11) is 0. The molecule has 35 heavy (non-hydrogen) atoms. The molecule has 0 amide bonds. The molecule has 0 atom stereocenters. The molecule has 3 aromatic carbocycles. The molecule has 7 nitrogen and oxygen atoms in total. The van der Waals surface area contributed by atoms with Gasteiger partial charge in [0.25, 0.3) is 5.56 Å². The molecule has 6 aromatic rings. The molecule has 7 heteroatoms. The Morgan fingerprint density at radius 1 is 1.00 bits per heavy atom. The summed E-state index contributed by atoms with van der Waals surface area (Å²) in [4.78, 5) is 19.8. The van der Waals surface area contributed by atoms with E-state index in [1.165, 1.54) is 0 Å². The smallest absolute Gasteiger partial charge is 0.259 e. The molecule has 0 radical (unpaired) electrons. The van der Waals surface area contributed by atoms with Crippen LogP contribution in [0.2, 0.25) is 0 Å². The van der Waals surface area contributed by atoms with E-state index in [1.54, 1.807) is 35.0 Å². The van der Waals surface area contributed by atoms with E-state index in [-0.39, 0.29) is 17.0 Å². The summed E-state index contributed by atoms with van der Waals surface area (Å²) in [6.45, 7) is 0. The molecular weight excluding hydrogens is 438 g/mol. The molecule has 0 aliphatic carbocycles. The monoisotopic (exact) mass is 455 g/mol. The number of allylic oxidation sites excluding steroid dienone is 1. The Balaban J connectivity index is 1.54. The zero-order valence-corrected chi connectivity index (χ0v) is 18.3. The van der Waals surface area contributed by atoms with Gasteiger partial charge in [0, 0.05) is 17.1 Å². The van der Waals surface area contributed by atoms with Crippen LogP contribution in [0.3, 0.4) is 0 Å². The van der Waals surface area contributed by atoms with Crippen molar-refractivity contribution in [3.05, 3.63) is 113 Å². The lowest BCUT2D eigenvalue weighted by atomic mass is 10.1. The third kappa shape index (κ3) is 3.69. The lowest BCUT2D eigenvalue weighted by molar-refractivity contribution is 0.627. The van der Waals surface area contributed by atoms with E-state index in [0.717, 1.165) is 16.7 Å². The first kappa shape index (κ1) is 20.4. The summed E-state index contributed by atoms with van der Waals surface area (Å²) in [6, 6.07) is 28.5. The van der Waals surface area contributed by atoms with Crippen LogP contribution in [-0.4, -0.2) is 19.7 Å². The van der Waals surface area contributed by atoms with Crippen molar-refractivity contribution in [1.82, 2.24) is 19.7 Å². The molecule has 3 heterocycles. The normalized spacial score (nSPS) is 11.7. The van der Waals surface area contributed by atoms with Gasteiger partial charge in [-0.05, 0) is 42.5 Å². The van der Waals surface area contributed by atoms with E-state index in [9.17, 15) is 10.1 Å². The summed E-state index contributed by atoms with van der Waals surface area (Å²) >= 11 is 0. The topological polar surface area (TPSA) is 100 Å². The average molecular weight is 455 g/mol. The molecule has 0 aliphatic heterocycles. The van der Waals surface area contributed by atoms with Gasteiger partial charge in [0.1, 0.15) is 17.3 Å². The Morgan fingerprint density at radius 3 is 2.60 bits per heavy atom. The molecule has 166 valence electrons. The third-order valence-electron chi connectivity index (χ3n) is 5.71. The number of para-hydroxylation sites is 3. The molecule has 0 saturated heterocycles. The number of hydrogen-bond acceptors (Lipinski definition) is 5. The van der Waals surface area contributed by atoms with Crippen molar-refractivity contribution in [2.45, 2.75) is 0 Å². The molecule has 3 aromatic heterocycles. The number of nitrogens with zero attached hydrogens (tertiary/aromatic N) is 4. The predicted molar refractivity (Wildman–Crippen MR) is 135 cm³/mol. The van der Waals surface area contributed by atoms with Gasteiger partial charge in [-0.1, -0.05) is 48.5 Å². The highest BCUT2D eigenvalue weighted by molar-refractivity contribution is 5.92. The van der Waals surface area contributed by atoms with Gasteiger partial charge in [-0.3, -0.25) is 4.79 Å². The number of fused-ring (bicyclic) bond motifs is 2. The van der Waals surface area contributed by atoms with Crippen LogP contribution in [0.25, 0.3) is 50.7 Å². The molecular formula is C28H17N5O2. The van der Waals surface area contributed by atoms with Crippen LogP contribution in [0.1, 0.15) is 11.4 Å².